The van der Waals surface area contributed by atoms with Gasteiger partial charge in [-0.25, -0.2) is 0 Å². The first kappa shape index (κ1) is 18.6. The summed E-state index contributed by atoms with van der Waals surface area (Å²) < 4.78 is 7.06. The Morgan fingerprint density at radius 1 is 1.15 bits per heavy atom. The van der Waals surface area contributed by atoms with E-state index >= 15 is 0 Å². The average Bonchev–Trinajstić information content (AvgIpc) is 3.08. The van der Waals surface area contributed by atoms with E-state index in [4.69, 9.17) is 17.0 Å². The van der Waals surface area contributed by atoms with E-state index in [0.29, 0.717) is 17.2 Å². The van der Waals surface area contributed by atoms with Crippen LogP contribution in [0.4, 0.5) is 11.4 Å². The summed E-state index contributed by atoms with van der Waals surface area (Å²) in [6.07, 6.45) is 3.58. The number of nitrogens with zero attached hydrogens (tertiary/aromatic N) is 2. The Bertz CT molecular complexity index is 968. The fourth-order valence-electron chi connectivity index (χ4n) is 2.58. The molecule has 0 atom stereocenters. The summed E-state index contributed by atoms with van der Waals surface area (Å²) in [6.45, 7) is 2.16. The summed E-state index contributed by atoms with van der Waals surface area (Å²) in [4.78, 5) is 11.5. The molecule has 0 saturated heterocycles. The van der Waals surface area contributed by atoms with Crippen LogP contribution in [0.25, 0.3) is 0 Å². The fraction of sp³-hybridized carbons (Fsp3) is 0.150. The molecule has 0 unspecified atom stereocenters. The van der Waals surface area contributed by atoms with Crippen molar-refractivity contribution in [3.63, 3.8) is 0 Å². The van der Waals surface area contributed by atoms with Crippen molar-refractivity contribution < 1.29 is 9.53 Å². The summed E-state index contributed by atoms with van der Waals surface area (Å²) in [5.41, 5.74) is 3.25. The molecule has 0 fully saturated rings. The van der Waals surface area contributed by atoms with E-state index in [1.165, 1.54) is 6.92 Å². The molecule has 0 bridgehead atoms. The number of hydrogen-bond donors (Lipinski definition) is 2. The van der Waals surface area contributed by atoms with Gasteiger partial charge in [-0.1, -0.05) is 24.3 Å². The van der Waals surface area contributed by atoms with E-state index in [1.54, 1.807) is 25.4 Å². The van der Waals surface area contributed by atoms with Crippen LogP contribution < -0.4 is 15.4 Å². The van der Waals surface area contributed by atoms with Crippen LogP contribution in [0.1, 0.15) is 22.8 Å². The maximum atomic E-state index is 11.5. The van der Waals surface area contributed by atoms with Crippen molar-refractivity contribution in [2.24, 2.45) is 0 Å². The van der Waals surface area contributed by atoms with Crippen LogP contribution in [-0.2, 0) is 6.54 Å². The highest BCUT2D eigenvalue weighted by Crippen LogP contribution is 2.15. The molecule has 138 valence electrons. The number of nitrogens with one attached hydrogen (secondary N) is 2. The molecule has 0 amide bonds. The molecule has 0 aliphatic rings. The summed E-state index contributed by atoms with van der Waals surface area (Å²) in [7, 11) is 1.65. The van der Waals surface area contributed by atoms with Crippen molar-refractivity contribution in [2.45, 2.75) is 13.5 Å². The number of carbonyl (C=O) groups is 1. The zero-order valence-electron chi connectivity index (χ0n) is 15.1. The standard InChI is InChI=1S/C20H20N4O2S/c1-14(25)16-6-4-7-17(10-16)22-20(27)23-18-11-21-24(13-18)12-15-5-3-8-19(9-15)26-2/h3-11,13H,12H2,1-2H3,(H2,22,23,27). The molecule has 0 radical (unpaired) electrons. The van der Waals surface area contributed by atoms with Crippen LogP contribution in [-0.4, -0.2) is 27.8 Å². The molecule has 0 aliphatic heterocycles. The largest absolute Gasteiger partial charge is 0.497 e. The summed E-state index contributed by atoms with van der Waals surface area (Å²) >= 11 is 5.34. The second-order valence-corrected chi connectivity index (χ2v) is 6.40. The topological polar surface area (TPSA) is 68.2 Å². The monoisotopic (exact) mass is 380 g/mol. The molecule has 3 aromatic rings. The lowest BCUT2D eigenvalue weighted by Gasteiger charge is -2.09. The maximum Gasteiger partial charge on any atom is 0.175 e. The minimum Gasteiger partial charge on any atom is -0.497 e. The van der Waals surface area contributed by atoms with Crippen molar-refractivity contribution in [3.8, 4) is 5.75 Å². The van der Waals surface area contributed by atoms with Gasteiger partial charge < -0.3 is 15.4 Å². The third-order valence-corrected chi connectivity index (χ3v) is 4.10. The molecule has 7 heteroatoms. The minimum absolute atomic E-state index is 0.0105. The van der Waals surface area contributed by atoms with Gasteiger partial charge in [-0.15, -0.1) is 0 Å². The lowest BCUT2D eigenvalue weighted by molar-refractivity contribution is 0.101. The average molecular weight is 380 g/mol. The van der Waals surface area contributed by atoms with Crippen molar-refractivity contribution in [1.82, 2.24) is 9.78 Å². The minimum atomic E-state index is 0.0105. The molecule has 27 heavy (non-hydrogen) atoms. The van der Waals surface area contributed by atoms with E-state index in [0.717, 1.165) is 22.7 Å². The van der Waals surface area contributed by atoms with E-state index in [2.05, 4.69) is 15.7 Å². The number of thiocarbonyl (C=S) groups is 1. The molecule has 6 nitrogen and oxygen atoms in total. The quantitative estimate of drug-likeness (QED) is 0.499. The molecular formula is C20H20N4O2S. The lowest BCUT2D eigenvalue weighted by atomic mass is 10.1. The Labute approximate surface area is 163 Å². The van der Waals surface area contributed by atoms with Gasteiger partial charge in [0.2, 0.25) is 0 Å². The summed E-state index contributed by atoms with van der Waals surface area (Å²) in [5.74, 6) is 0.826. The number of rotatable bonds is 6. The summed E-state index contributed by atoms with van der Waals surface area (Å²) in [6, 6.07) is 15.1. The van der Waals surface area contributed by atoms with Crippen LogP contribution in [0, 0.1) is 0 Å². The van der Waals surface area contributed by atoms with Gasteiger partial charge in [0.25, 0.3) is 0 Å². The Balaban J connectivity index is 1.60. The third kappa shape index (κ3) is 5.15. The van der Waals surface area contributed by atoms with Crippen LogP contribution in [0.15, 0.2) is 60.9 Å². The van der Waals surface area contributed by atoms with Gasteiger partial charge in [0.05, 0.1) is 25.5 Å². The van der Waals surface area contributed by atoms with Crippen LogP contribution in [0.5, 0.6) is 5.75 Å². The molecule has 1 heterocycles. The van der Waals surface area contributed by atoms with Gasteiger partial charge in [-0.3, -0.25) is 9.48 Å². The normalized spacial score (nSPS) is 10.3. The predicted octanol–water partition coefficient (Wildman–Crippen LogP) is 3.95. The van der Waals surface area contributed by atoms with Crippen molar-refractivity contribution in [3.05, 3.63) is 72.1 Å². The van der Waals surface area contributed by atoms with Gasteiger partial charge in [-0.05, 0) is 49.0 Å². The molecule has 2 N–H and O–H groups in total. The molecule has 3 rings (SSSR count). The SMILES string of the molecule is COc1cccc(Cn2cc(NC(=S)Nc3cccc(C(C)=O)c3)cn2)c1. The zero-order valence-corrected chi connectivity index (χ0v) is 15.9. The molecule has 0 spiro atoms. The van der Waals surface area contributed by atoms with E-state index < -0.39 is 0 Å². The maximum absolute atomic E-state index is 11.5. The van der Waals surface area contributed by atoms with Crippen molar-refractivity contribution in [1.29, 1.82) is 0 Å². The van der Waals surface area contributed by atoms with Crippen molar-refractivity contribution in [2.75, 3.05) is 17.7 Å². The van der Waals surface area contributed by atoms with Gasteiger partial charge in [0.1, 0.15) is 5.75 Å². The highest BCUT2D eigenvalue weighted by Gasteiger charge is 2.05. The summed E-state index contributed by atoms with van der Waals surface area (Å²) in [5, 5.41) is 10.9. The zero-order chi connectivity index (χ0) is 19.2. The third-order valence-electron chi connectivity index (χ3n) is 3.90. The number of aromatic nitrogens is 2. The number of ether oxygens (including phenoxy) is 1. The molecule has 1 aromatic heterocycles. The van der Waals surface area contributed by atoms with E-state index in [-0.39, 0.29) is 5.78 Å². The predicted molar refractivity (Wildman–Crippen MR) is 111 cm³/mol. The number of hydrogen-bond acceptors (Lipinski definition) is 4. The number of methoxy groups -OCH3 is 1. The van der Waals surface area contributed by atoms with Crippen LogP contribution in [0.3, 0.4) is 0 Å². The molecule has 0 aliphatic carbocycles. The second-order valence-electron chi connectivity index (χ2n) is 5.99. The lowest BCUT2D eigenvalue weighted by Crippen LogP contribution is -2.19. The first-order valence-corrected chi connectivity index (χ1v) is 8.79. The Hall–Kier alpha value is -3.19. The second kappa shape index (κ2) is 8.46. The van der Waals surface area contributed by atoms with E-state index in [1.807, 2.05) is 47.3 Å². The van der Waals surface area contributed by atoms with E-state index in [9.17, 15) is 4.79 Å². The van der Waals surface area contributed by atoms with Crippen molar-refractivity contribution >= 4 is 34.5 Å². The van der Waals surface area contributed by atoms with Gasteiger partial charge in [-0.2, -0.15) is 5.10 Å². The van der Waals surface area contributed by atoms with Crippen LogP contribution in [0.2, 0.25) is 0 Å². The molecule has 0 saturated carbocycles. The van der Waals surface area contributed by atoms with Crippen LogP contribution >= 0.6 is 12.2 Å². The first-order valence-electron chi connectivity index (χ1n) is 8.38. The number of Topliss-reactive ketones (excluding diaryl/α,β-unsaturated/α-hetero) is 1. The highest BCUT2D eigenvalue weighted by molar-refractivity contribution is 7.80. The number of benzene rings is 2. The highest BCUT2D eigenvalue weighted by atomic mass is 32.1. The molecule has 2 aromatic carbocycles. The first-order chi connectivity index (χ1) is 13.0. The number of anilines is 2. The Morgan fingerprint density at radius 2 is 1.93 bits per heavy atom. The number of ketones is 1. The smallest absolute Gasteiger partial charge is 0.175 e. The number of carbonyl (C=O) groups excluding carboxylic acids is 1. The fourth-order valence-corrected chi connectivity index (χ4v) is 2.82. The van der Waals surface area contributed by atoms with Gasteiger partial charge >= 0.3 is 0 Å². The molecular weight excluding hydrogens is 360 g/mol. The van der Waals surface area contributed by atoms with Gasteiger partial charge in [0, 0.05) is 17.4 Å². The van der Waals surface area contributed by atoms with Gasteiger partial charge in [0.15, 0.2) is 10.9 Å². The Kier molecular flexibility index (Phi) is 5.83. The Morgan fingerprint density at radius 3 is 2.70 bits per heavy atom.